The molecule has 0 aliphatic carbocycles. The number of anilines is 1. The van der Waals surface area contributed by atoms with E-state index in [-0.39, 0.29) is 0 Å². The summed E-state index contributed by atoms with van der Waals surface area (Å²) in [6, 6.07) is 10.2. The number of rotatable bonds is 4. The van der Waals surface area contributed by atoms with Crippen molar-refractivity contribution in [2.75, 3.05) is 24.2 Å². The molecule has 0 amide bonds. The molecule has 106 valence electrons. The van der Waals surface area contributed by atoms with Crippen molar-refractivity contribution in [3.05, 3.63) is 24.3 Å². The van der Waals surface area contributed by atoms with E-state index in [1.165, 1.54) is 17.0 Å². The molecule has 3 heteroatoms. The van der Waals surface area contributed by atoms with Crippen molar-refractivity contribution in [3.63, 3.8) is 0 Å². The molecule has 0 saturated carbocycles. The van der Waals surface area contributed by atoms with Crippen LogP contribution in [-0.4, -0.2) is 31.4 Å². The number of thioether (sulfide) groups is 1. The highest BCUT2D eigenvalue weighted by Crippen LogP contribution is 2.27. The molecule has 0 aromatic heterocycles. The first-order valence-electron chi connectivity index (χ1n) is 7.29. The largest absolute Gasteiger partial charge is 0.365 e. The Morgan fingerprint density at radius 2 is 2.21 bits per heavy atom. The van der Waals surface area contributed by atoms with Gasteiger partial charge in [0, 0.05) is 35.8 Å². The molecule has 0 radical (unpaired) electrons. The van der Waals surface area contributed by atoms with E-state index >= 15 is 0 Å². The fraction of sp³-hybridized carbons (Fsp3) is 0.625. The summed E-state index contributed by atoms with van der Waals surface area (Å²) in [4.78, 5) is 3.96. The van der Waals surface area contributed by atoms with Crippen LogP contribution in [0.4, 0.5) is 5.69 Å². The summed E-state index contributed by atoms with van der Waals surface area (Å²) in [5.41, 5.74) is 1.38. The fourth-order valence-electron chi connectivity index (χ4n) is 2.79. The molecule has 1 N–H and O–H groups in total. The molecule has 2 atom stereocenters. The van der Waals surface area contributed by atoms with Gasteiger partial charge in [-0.15, -0.1) is 11.8 Å². The molecule has 2 unspecified atom stereocenters. The van der Waals surface area contributed by atoms with E-state index in [4.69, 9.17) is 0 Å². The van der Waals surface area contributed by atoms with Crippen molar-refractivity contribution in [1.82, 2.24) is 5.32 Å². The second kappa shape index (κ2) is 6.67. The van der Waals surface area contributed by atoms with Gasteiger partial charge in [-0.25, -0.2) is 0 Å². The summed E-state index contributed by atoms with van der Waals surface area (Å²) in [6.07, 6.45) is 3.34. The van der Waals surface area contributed by atoms with Crippen LogP contribution in [0, 0.1) is 5.92 Å². The number of hydrogen-bond donors (Lipinski definition) is 1. The smallest absolute Gasteiger partial charge is 0.0438 e. The zero-order valence-corrected chi connectivity index (χ0v) is 13.3. The zero-order chi connectivity index (χ0) is 13.8. The molecule has 0 spiro atoms. The van der Waals surface area contributed by atoms with Crippen LogP contribution in [0.2, 0.25) is 0 Å². The van der Waals surface area contributed by atoms with Gasteiger partial charge in [0.2, 0.25) is 0 Å². The Morgan fingerprint density at radius 1 is 1.42 bits per heavy atom. The lowest BCUT2D eigenvalue weighted by atomic mass is 9.97. The maximum atomic E-state index is 3.68. The highest BCUT2D eigenvalue weighted by molar-refractivity contribution is 7.98. The third kappa shape index (κ3) is 3.46. The topological polar surface area (TPSA) is 15.3 Å². The van der Waals surface area contributed by atoms with Crippen molar-refractivity contribution in [2.24, 2.45) is 5.92 Å². The van der Waals surface area contributed by atoms with Crippen molar-refractivity contribution < 1.29 is 0 Å². The summed E-state index contributed by atoms with van der Waals surface area (Å²) < 4.78 is 0. The molecule has 2 rings (SSSR count). The molecule has 1 aliphatic heterocycles. The van der Waals surface area contributed by atoms with Gasteiger partial charge >= 0.3 is 0 Å². The van der Waals surface area contributed by atoms with Crippen LogP contribution in [0.5, 0.6) is 0 Å². The Labute approximate surface area is 122 Å². The maximum absolute atomic E-state index is 3.68. The zero-order valence-electron chi connectivity index (χ0n) is 12.5. The van der Waals surface area contributed by atoms with Crippen molar-refractivity contribution >= 4 is 17.4 Å². The Kier molecular flexibility index (Phi) is 5.17. The second-order valence-corrected chi connectivity index (χ2v) is 6.56. The van der Waals surface area contributed by atoms with E-state index in [2.05, 4.69) is 61.5 Å². The SMILES string of the molecule is CCC1CN(c2cccc(SC)c2)C(C(C)C)CN1. The first-order valence-corrected chi connectivity index (χ1v) is 8.52. The molecule has 1 aromatic carbocycles. The van der Waals surface area contributed by atoms with Crippen molar-refractivity contribution in [3.8, 4) is 0 Å². The molecule has 1 saturated heterocycles. The van der Waals surface area contributed by atoms with Gasteiger partial charge < -0.3 is 10.2 Å². The van der Waals surface area contributed by atoms with Gasteiger partial charge in [-0.1, -0.05) is 26.8 Å². The lowest BCUT2D eigenvalue weighted by Crippen LogP contribution is -2.58. The minimum absolute atomic E-state index is 0.597. The Balaban J connectivity index is 2.25. The van der Waals surface area contributed by atoms with Crippen LogP contribution in [0.1, 0.15) is 27.2 Å². The summed E-state index contributed by atoms with van der Waals surface area (Å²) in [7, 11) is 0. The monoisotopic (exact) mass is 278 g/mol. The van der Waals surface area contributed by atoms with Gasteiger partial charge in [-0.05, 0) is 36.8 Å². The minimum Gasteiger partial charge on any atom is -0.365 e. The fourth-order valence-corrected chi connectivity index (χ4v) is 3.24. The maximum Gasteiger partial charge on any atom is 0.0438 e. The normalized spacial score (nSPS) is 23.9. The van der Waals surface area contributed by atoms with Gasteiger partial charge in [0.15, 0.2) is 0 Å². The molecule has 1 heterocycles. The third-order valence-corrected chi connectivity index (χ3v) is 4.81. The van der Waals surface area contributed by atoms with Crippen LogP contribution in [0.3, 0.4) is 0 Å². The van der Waals surface area contributed by atoms with Gasteiger partial charge in [-0.2, -0.15) is 0 Å². The highest BCUT2D eigenvalue weighted by atomic mass is 32.2. The van der Waals surface area contributed by atoms with E-state index in [9.17, 15) is 0 Å². The lowest BCUT2D eigenvalue weighted by molar-refractivity contribution is 0.333. The van der Waals surface area contributed by atoms with Crippen molar-refractivity contribution in [2.45, 2.75) is 44.2 Å². The summed E-state index contributed by atoms with van der Waals surface area (Å²) >= 11 is 1.82. The lowest BCUT2D eigenvalue weighted by Gasteiger charge is -2.44. The van der Waals surface area contributed by atoms with Crippen LogP contribution in [0.15, 0.2) is 29.2 Å². The molecule has 1 aliphatic rings. The predicted molar refractivity (Wildman–Crippen MR) is 86.3 cm³/mol. The van der Waals surface area contributed by atoms with Crippen LogP contribution in [0.25, 0.3) is 0 Å². The first-order chi connectivity index (χ1) is 9.15. The average Bonchev–Trinajstić information content (AvgIpc) is 2.46. The third-order valence-electron chi connectivity index (χ3n) is 4.08. The summed E-state index contributed by atoms with van der Waals surface area (Å²) in [6.45, 7) is 9.13. The Hall–Kier alpha value is -0.670. The molecule has 1 fully saturated rings. The highest BCUT2D eigenvalue weighted by Gasteiger charge is 2.29. The summed E-state index contributed by atoms with van der Waals surface area (Å²) in [5, 5.41) is 3.68. The molecule has 2 nitrogen and oxygen atoms in total. The number of nitrogens with one attached hydrogen (secondary N) is 1. The Morgan fingerprint density at radius 3 is 2.84 bits per heavy atom. The summed E-state index contributed by atoms with van der Waals surface area (Å²) in [5.74, 6) is 0.670. The molecule has 0 bridgehead atoms. The quantitative estimate of drug-likeness (QED) is 0.847. The van der Waals surface area contributed by atoms with Gasteiger partial charge in [0.05, 0.1) is 0 Å². The molecular formula is C16H26N2S. The molecule has 1 aromatic rings. The van der Waals surface area contributed by atoms with E-state index in [0.29, 0.717) is 18.0 Å². The van der Waals surface area contributed by atoms with E-state index < -0.39 is 0 Å². The van der Waals surface area contributed by atoms with Crippen LogP contribution in [-0.2, 0) is 0 Å². The van der Waals surface area contributed by atoms with Crippen LogP contribution < -0.4 is 10.2 Å². The van der Waals surface area contributed by atoms with E-state index in [1.54, 1.807) is 0 Å². The van der Waals surface area contributed by atoms with Gasteiger partial charge in [0.1, 0.15) is 0 Å². The number of piperazine rings is 1. The van der Waals surface area contributed by atoms with Gasteiger partial charge in [0.25, 0.3) is 0 Å². The Bertz CT molecular complexity index is 405. The van der Waals surface area contributed by atoms with Crippen molar-refractivity contribution in [1.29, 1.82) is 0 Å². The predicted octanol–water partition coefficient (Wildman–Crippen LogP) is 3.62. The number of hydrogen-bond acceptors (Lipinski definition) is 3. The minimum atomic E-state index is 0.597. The number of benzene rings is 1. The second-order valence-electron chi connectivity index (χ2n) is 5.68. The first kappa shape index (κ1) is 14.7. The molecular weight excluding hydrogens is 252 g/mol. The van der Waals surface area contributed by atoms with Crippen LogP contribution >= 0.6 is 11.8 Å². The van der Waals surface area contributed by atoms with E-state index in [0.717, 1.165) is 13.1 Å². The molecule has 19 heavy (non-hydrogen) atoms. The number of nitrogens with zero attached hydrogens (tertiary/aromatic N) is 1. The van der Waals surface area contributed by atoms with Gasteiger partial charge in [-0.3, -0.25) is 0 Å². The average molecular weight is 278 g/mol. The standard InChI is InChI=1S/C16H26N2S/c1-5-13-11-18(16(10-17-13)12(2)3)14-7-6-8-15(9-14)19-4/h6-9,12-13,16-17H,5,10-11H2,1-4H3. The van der Waals surface area contributed by atoms with E-state index in [1.807, 2.05) is 11.8 Å².